The Morgan fingerprint density at radius 2 is 2.24 bits per heavy atom. The number of alkyl halides is 2. The number of pyridine rings is 1. The lowest BCUT2D eigenvalue weighted by Crippen LogP contribution is -2.11. The molecule has 0 radical (unpaired) electrons. The van der Waals surface area contributed by atoms with Crippen molar-refractivity contribution in [3.05, 3.63) is 32.5 Å². The zero-order valence-electron chi connectivity index (χ0n) is 8.32. The first-order valence-electron chi connectivity index (χ1n) is 4.09. The van der Waals surface area contributed by atoms with Gasteiger partial charge in [0.05, 0.1) is 7.11 Å². The highest BCUT2D eigenvalue weighted by atomic mass is 35.5. The van der Waals surface area contributed by atoms with E-state index in [-0.39, 0.29) is 0 Å². The molecule has 0 unspecified atom stereocenters. The highest BCUT2D eigenvalue weighted by Crippen LogP contribution is 2.31. The van der Waals surface area contributed by atoms with Crippen LogP contribution in [-0.4, -0.2) is 23.0 Å². The molecule has 0 saturated heterocycles. The Morgan fingerprint density at radius 3 is 2.65 bits per heavy atom. The average molecular weight is 267 g/mol. The number of hydrogen-bond donors (Lipinski definition) is 0. The van der Waals surface area contributed by atoms with Crippen LogP contribution in [0, 0.1) is 10.1 Å². The summed E-state index contributed by atoms with van der Waals surface area (Å²) in [6.45, 7) is 0. The standard InChI is InChI=1S/C8H5ClF2N2O4/c1-17-8(14)5-3(6(10)11)2-4(9)12-7(5)13(15)16/h2,6H,1H3. The number of carbonyl (C=O) groups is 1. The van der Waals surface area contributed by atoms with Crippen LogP contribution in [-0.2, 0) is 4.74 Å². The third-order valence-corrected chi connectivity index (χ3v) is 1.99. The van der Waals surface area contributed by atoms with Gasteiger partial charge in [0.25, 0.3) is 6.43 Å². The molecular weight excluding hydrogens is 262 g/mol. The predicted octanol–water partition coefficient (Wildman–Crippen LogP) is 2.37. The molecule has 1 aromatic heterocycles. The molecule has 1 aromatic rings. The number of halogens is 3. The molecule has 0 spiro atoms. The summed E-state index contributed by atoms with van der Waals surface area (Å²) in [7, 11) is 0.913. The molecule has 0 amide bonds. The number of carbonyl (C=O) groups excluding carboxylic acids is 1. The Hall–Kier alpha value is -1.83. The lowest BCUT2D eigenvalue weighted by molar-refractivity contribution is -0.390. The van der Waals surface area contributed by atoms with E-state index in [9.17, 15) is 23.7 Å². The van der Waals surface area contributed by atoms with Crippen molar-refractivity contribution in [2.75, 3.05) is 7.11 Å². The Morgan fingerprint density at radius 1 is 1.65 bits per heavy atom. The summed E-state index contributed by atoms with van der Waals surface area (Å²) in [5.41, 5.74) is -1.78. The summed E-state index contributed by atoms with van der Waals surface area (Å²) < 4.78 is 29.5. The van der Waals surface area contributed by atoms with Crippen molar-refractivity contribution in [1.29, 1.82) is 0 Å². The molecule has 0 saturated carbocycles. The summed E-state index contributed by atoms with van der Waals surface area (Å²) in [6, 6.07) is 0.686. The van der Waals surface area contributed by atoms with E-state index >= 15 is 0 Å². The van der Waals surface area contributed by atoms with E-state index in [1.807, 2.05) is 0 Å². The number of esters is 1. The smallest absolute Gasteiger partial charge is 0.380 e. The summed E-state index contributed by atoms with van der Waals surface area (Å²) in [5, 5.41) is 10.1. The summed E-state index contributed by atoms with van der Waals surface area (Å²) >= 11 is 5.36. The minimum atomic E-state index is -3.11. The highest BCUT2D eigenvalue weighted by molar-refractivity contribution is 6.29. The van der Waals surface area contributed by atoms with E-state index in [0.29, 0.717) is 6.07 Å². The van der Waals surface area contributed by atoms with Crippen molar-refractivity contribution >= 4 is 23.4 Å². The number of nitrogens with zero attached hydrogens (tertiary/aromatic N) is 2. The second-order valence-electron chi connectivity index (χ2n) is 2.78. The van der Waals surface area contributed by atoms with E-state index < -0.39 is 39.4 Å². The van der Waals surface area contributed by atoms with Crippen molar-refractivity contribution in [2.24, 2.45) is 0 Å². The van der Waals surface area contributed by atoms with Crippen molar-refractivity contribution in [2.45, 2.75) is 6.43 Å². The highest BCUT2D eigenvalue weighted by Gasteiger charge is 2.31. The third kappa shape index (κ3) is 2.64. The molecule has 0 aliphatic carbocycles. The van der Waals surface area contributed by atoms with Gasteiger partial charge in [0.1, 0.15) is 0 Å². The molecule has 92 valence electrons. The van der Waals surface area contributed by atoms with E-state index in [1.54, 1.807) is 0 Å². The quantitative estimate of drug-likeness (QED) is 0.363. The minimum Gasteiger partial charge on any atom is -0.465 e. The van der Waals surface area contributed by atoms with Gasteiger partial charge in [-0.15, -0.1) is 0 Å². The Balaban J connectivity index is 3.59. The number of methoxy groups -OCH3 is 1. The molecule has 0 fully saturated rings. The molecule has 0 aliphatic heterocycles. The van der Waals surface area contributed by atoms with E-state index in [2.05, 4.69) is 9.72 Å². The average Bonchev–Trinajstić information content (AvgIpc) is 2.26. The lowest BCUT2D eigenvalue weighted by Gasteiger charge is -2.06. The molecule has 1 heterocycles. The monoisotopic (exact) mass is 266 g/mol. The molecule has 0 aromatic carbocycles. The first-order chi connectivity index (χ1) is 7.88. The molecule has 0 N–H and O–H groups in total. The molecule has 9 heteroatoms. The van der Waals surface area contributed by atoms with Crippen LogP contribution in [0.5, 0.6) is 0 Å². The fourth-order valence-corrected chi connectivity index (χ4v) is 1.33. The van der Waals surface area contributed by atoms with E-state index in [1.165, 1.54) is 0 Å². The van der Waals surface area contributed by atoms with Crippen molar-refractivity contribution in [1.82, 2.24) is 4.98 Å². The van der Waals surface area contributed by atoms with Gasteiger partial charge in [0.15, 0.2) is 5.56 Å². The molecule has 0 aliphatic rings. The zero-order chi connectivity index (χ0) is 13.2. The Bertz CT molecular complexity index is 481. The minimum absolute atomic E-state index is 0.500. The first-order valence-corrected chi connectivity index (χ1v) is 4.47. The molecular formula is C8H5ClF2N2O4. The van der Waals surface area contributed by atoms with Crippen molar-refractivity contribution < 1.29 is 23.2 Å². The van der Waals surface area contributed by atoms with Gasteiger partial charge in [0.2, 0.25) is 5.15 Å². The largest absolute Gasteiger partial charge is 0.465 e. The summed E-state index contributed by atoms with van der Waals surface area (Å²) in [6.07, 6.45) is -3.11. The van der Waals surface area contributed by atoms with Crippen LogP contribution in [0.25, 0.3) is 0 Å². The van der Waals surface area contributed by atoms with Gasteiger partial charge >= 0.3 is 11.8 Å². The van der Waals surface area contributed by atoms with Gasteiger partial charge in [-0.2, -0.15) is 0 Å². The van der Waals surface area contributed by atoms with Crippen LogP contribution in [0.2, 0.25) is 5.15 Å². The molecule has 1 rings (SSSR count). The molecule has 0 atom stereocenters. The van der Waals surface area contributed by atoms with Gasteiger partial charge in [-0.25, -0.2) is 13.6 Å². The molecule has 17 heavy (non-hydrogen) atoms. The summed E-state index contributed by atoms with van der Waals surface area (Å²) in [4.78, 5) is 24.0. The van der Waals surface area contributed by atoms with Gasteiger partial charge in [-0.3, -0.25) is 0 Å². The van der Waals surface area contributed by atoms with Crippen LogP contribution in [0.3, 0.4) is 0 Å². The van der Waals surface area contributed by atoms with Gasteiger partial charge in [0, 0.05) is 11.6 Å². The SMILES string of the molecule is COC(=O)c1c(C(F)F)cc(Cl)nc1[N+](=O)[O-]. The fraction of sp³-hybridized carbons (Fsp3) is 0.250. The van der Waals surface area contributed by atoms with Crippen LogP contribution in [0.4, 0.5) is 14.6 Å². The van der Waals surface area contributed by atoms with Crippen LogP contribution >= 0.6 is 11.6 Å². The zero-order valence-corrected chi connectivity index (χ0v) is 9.07. The number of hydrogen-bond acceptors (Lipinski definition) is 5. The van der Waals surface area contributed by atoms with Gasteiger partial charge in [-0.05, 0) is 21.5 Å². The van der Waals surface area contributed by atoms with E-state index in [4.69, 9.17) is 11.6 Å². The van der Waals surface area contributed by atoms with Crippen LogP contribution in [0.1, 0.15) is 22.3 Å². The van der Waals surface area contributed by atoms with Crippen LogP contribution in [0.15, 0.2) is 6.07 Å². The van der Waals surface area contributed by atoms with E-state index in [0.717, 1.165) is 7.11 Å². The molecule has 0 bridgehead atoms. The third-order valence-electron chi connectivity index (χ3n) is 1.80. The predicted molar refractivity (Wildman–Crippen MR) is 52.2 cm³/mol. The normalized spacial score (nSPS) is 10.4. The second-order valence-corrected chi connectivity index (χ2v) is 3.17. The van der Waals surface area contributed by atoms with Crippen molar-refractivity contribution in [3.8, 4) is 0 Å². The summed E-state index contributed by atoms with van der Waals surface area (Å²) in [5.74, 6) is -2.32. The number of aromatic nitrogens is 1. The van der Waals surface area contributed by atoms with Crippen molar-refractivity contribution in [3.63, 3.8) is 0 Å². The molecule has 6 nitrogen and oxygen atoms in total. The van der Waals surface area contributed by atoms with Crippen LogP contribution < -0.4 is 0 Å². The lowest BCUT2D eigenvalue weighted by atomic mass is 10.1. The maximum atomic E-state index is 12.6. The number of nitro groups is 1. The fourth-order valence-electron chi connectivity index (χ4n) is 1.13. The number of rotatable bonds is 3. The number of ether oxygens (including phenoxy) is 1. The van der Waals surface area contributed by atoms with Gasteiger partial charge < -0.3 is 14.9 Å². The van der Waals surface area contributed by atoms with Gasteiger partial charge in [-0.1, -0.05) is 0 Å². The Kier molecular flexibility index (Phi) is 3.89. The maximum Gasteiger partial charge on any atom is 0.380 e. The maximum absolute atomic E-state index is 12.6. The Labute approximate surface area is 98.3 Å². The topological polar surface area (TPSA) is 82.3 Å². The first kappa shape index (κ1) is 13.2. The second kappa shape index (κ2) is 5.00.